The molecule has 2 aromatic rings. The summed E-state index contributed by atoms with van der Waals surface area (Å²) in [5.74, 6) is -0.724. The van der Waals surface area contributed by atoms with E-state index in [1.54, 1.807) is 31.2 Å². The van der Waals surface area contributed by atoms with Gasteiger partial charge in [0.2, 0.25) is 11.7 Å². The van der Waals surface area contributed by atoms with E-state index in [-0.39, 0.29) is 6.42 Å². The molecule has 1 aromatic carbocycles. The third-order valence-electron chi connectivity index (χ3n) is 4.41. The average molecular weight is 368 g/mol. The van der Waals surface area contributed by atoms with E-state index in [0.29, 0.717) is 42.2 Å². The normalized spacial score (nSPS) is 20.6. The van der Waals surface area contributed by atoms with Gasteiger partial charge in [0.25, 0.3) is 0 Å². The highest BCUT2D eigenvalue weighted by molar-refractivity contribution is 5.90. The topological polar surface area (TPSA) is 80.0 Å². The average Bonchev–Trinajstić information content (AvgIpc) is 3.01. The second-order valence-corrected chi connectivity index (χ2v) is 6.36. The Morgan fingerprint density at radius 3 is 2.73 bits per heavy atom. The quantitative estimate of drug-likeness (QED) is 0.847. The van der Waals surface area contributed by atoms with Crippen molar-refractivity contribution in [2.24, 2.45) is 5.92 Å². The molecule has 0 bridgehead atoms. The number of urea groups is 1. The number of rotatable bonds is 3. The molecule has 9 heteroatoms. The van der Waals surface area contributed by atoms with Crippen molar-refractivity contribution < 1.29 is 22.5 Å². The van der Waals surface area contributed by atoms with Gasteiger partial charge in [-0.2, -0.15) is 18.2 Å². The van der Waals surface area contributed by atoms with Crippen LogP contribution in [0.1, 0.15) is 31.6 Å². The maximum atomic E-state index is 13.1. The number of benzene rings is 1. The van der Waals surface area contributed by atoms with Gasteiger partial charge in [-0.25, -0.2) is 4.79 Å². The fourth-order valence-corrected chi connectivity index (χ4v) is 3.18. The molecule has 0 saturated heterocycles. The number of carbonyl (C=O) groups is 1. The molecule has 2 amide bonds. The van der Waals surface area contributed by atoms with Crippen molar-refractivity contribution in [1.29, 1.82) is 0 Å². The van der Waals surface area contributed by atoms with Gasteiger partial charge in [-0.3, -0.25) is 0 Å². The van der Waals surface area contributed by atoms with Gasteiger partial charge in [0.15, 0.2) is 0 Å². The number of halogens is 3. The monoisotopic (exact) mass is 368 g/mol. The Morgan fingerprint density at radius 2 is 2.04 bits per heavy atom. The van der Waals surface area contributed by atoms with Gasteiger partial charge in [-0.1, -0.05) is 30.1 Å². The van der Waals surface area contributed by atoms with Gasteiger partial charge >= 0.3 is 12.2 Å². The zero-order chi connectivity index (χ0) is 18.7. The Kier molecular flexibility index (Phi) is 5.15. The smallest absolute Gasteiger partial charge is 0.339 e. The van der Waals surface area contributed by atoms with Crippen LogP contribution in [0.4, 0.5) is 23.7 Å². The molecule has 1 aliphatic rings. The van der Waals surface area contributed by atoms with Crippen LogP contribution in [-0.2, 0) is 0 Å². The van der Waals surface area contributed by atoms with Crippen LogP contribution in [0, 0.1) is 12.8 Å². The lowest BCUT2D eigenvalue weighted by Crippen LogP contribution is -2.48. The lowest BCUT2D eigenvalue weighted by molar-refractivity contribution is -0.187. The van der Waals surface area contributed by atoms with Crippen molar-refractivity contribution in [1.82, 2.24) is 15.5 Å². The second-order valence-electron chi connectivity index (χ2n) is 6.36. The Labute approximate surface area is 148 Å². The van der Waals surface area contributed by atoms with E-state index in [0.717, 1.165) is 0 Å². The Hall–Kier alpha value is -2.58. The molecule has 0 unspecified atom stereocenters. The van der Waals surface area contributed by atoms with Crippen molar-refractivity contribution in [3.05, 3.63) is 30.2 Å². The van der Waals surface area contributed by atoms with Crippen LogP contribution in [0.15, 0.2) is 28.8 Å². The molecule has 0 spiro atoms. The molecule has 1 saturated carbocycles. The first-order valence-corrected chi connectivity index (χ1v) is 8.38. The number of nitrogens with one attached hydrogen (secondary N) is 2. The van der Waals surface area contributed by atoms with Crippen molar-refractivity contribution in [3.63, 3.8) is 0 Å². The number of alkyl halides is 3. The summed E-state index contributed by atoms with van der Waals surface area (Å²) in [7, 11) is 0. The molecule has 1 aromatic heterocycles. The number of hydrogen-bond acceptors (Lipinski definition) is 4. The first-order chi connectivity index (χ1) is 12.3. The zero-order valence-corrected chi connectivity index (χ0v) is 14.1. The van der Waals surface area contributed by atoms with Crippen LogP contribution in [0.25, 0.3) is 11.4 Å². The molecule has 1 aliphatic carbocycles. The van der Waals surface area contributed by atoms with Gasteiger partial charge < -0.3 is 15.2 Å². The molecule has 1 fully saturated rings. The Bertz CT molecular complexity index is 775. The van der Waals surface area contributed by atoms with Crippen LogP contribution in [-0.4, -0.2) is 28.4 Å². The minimum atomic E-state index is -4.31. The SMILES string of the molecule is Cc1nc(-c2cccc(NC(=O)N[C@H]3CCCC[C@H]3C(F)(F)F)c2)no1. The van der Waals surface area contributed by atoms with E-state index >= 15 is 0 Å². The van der Waals surface area contributed by atoms with E-state index in [1.807, 2.05) is 0 Å². The van der Waals surface area contributed by atoms with Gasteiger partial charge in [-0.15, -0.1) is 0 Å². The third kappa shape index (κ3) is 4.33. The molecule has 2 atom stereocenters. The second kappa shape index (κ2) is 7.35. The highest BCUT2D eigenvalue weighted by Gasteiger charge is 2.45. The molecule has 1 heterocycles. The van der Waals surface area contributed by atoms with Crippen LogP contribution >= 0.6 is 0 Å². The summed E-state index contributed by atoms with van der Waals surface area (Å²) in [6, 6.07) is 5.13. The van der Waals surface area contributed by atoms with Crippen LogP contribution in [0.2, 0.25) is 0 Å². The summed E-state index contributed by atoms with van der Waals surface area (Å²) in [5, 5.41) is 8.84. The summed E-state index contributed by atoms with van der Waals surface area (Å²) in [6.45, 7) is 1.66. The summed E-state index contributed by atoms with van der Waals surface area (Å²) in [6.07, 6.45) is -2.75. The largest absolute Gasteiger partial charge is 0.393 e. The molecule has 0 radical (unpaired) electrons. The number of amides is 2. The molecule has 2 N–H and O–H groups in total. The number of aryl methyl sites for hydroxylation is 1. The number of nitrogens with zero attached hydrogens (tertiary/aromatic N) is 2. The van der Waals surface area contributed by atoms with E-state index in [4.69, 9.17) is 4.52 Å². The predicted octanol–water partition coefficient (Wildman–Crippen LogP) is 4.29. The van der Waals surface area contributed by atoms with Crippen LogP contribution in [0.3, 0.4) is 0 Å². The third-order valence-corrected chi connectivity index (χ3v) is 4.41. The number of aromatic nitrogens is 2. The first kappa shape index (κ1) is 18.2. The van der Waals surface area contributed by atoms with Gasteiger partial charge in [0.1, 0.15) is 0 Å². The summed E-state index contributed by atoms with van der Waals surface area (Å²) < 4.78 is 44.3. The van der Waals surface area contributed by atoms with Crippen LogP contribution < -0.4 is 10.6 Å². The molecule has 140 valence electrons. The van der Waals surface area contributed by atoms with Crippen molar-refractivity contribution in [2.45, 2.75) is 44.8 Å². The zero-order valence-electron chi connectivity index (χ0n) is 14.1. The maximum absolute atomic E-state index is 13.1. The minimum absolute atomic E-state index is 0.0428. The predicted molar refractivity (Wildman–Crippen MR) is 88.4 cm³/mol. The standard InChI is InChI=1S/C17H19F3N4O2/c1-10-21-15(24-26-10)11-5-4-6-12(9-11)22-16(25)23-14-8-3-2-7-13(14)17(18,19)20/h4-6,9,13-14H,2-3,7-8H2,1H3,(H2,22,23,25)/t13-,14+/m1/s1. The molecular formula is C17H19F3N4O2. The number of hydrogen-bond donors (Lipinski definition) is 2. The van der Waals surface area contributed by atoms with E-state index in [2.05, 4.69) is 20.8 Å². The summed E-state index contributed by atoms with van der Waals surface area (Å²) in [5.41, 5.74) is 1.06. The van der Waals surface area contributed by atoms with E-state index in [9.17, 15) is 18.0 Å². The lowest BCUT2D eigenvalue weighted by Gasteiger charge is -2.33. The highest BCUT2D eigenvalue weighted by Crippen LogP contribution is 2.37. The number of carbonyl (C=O) groups excluding carboxylic acids is 1. The maximum Gasteiger partial charge on any atom is 0.393 e. The van der Waals surface area contributed by atoms with Gasteiger partial charge in [0, 0.05) is 24.2 Å². The van der Waals surface area contributed by atoms with Crippen molar-refractivity contribution >= 4 is 11.7 Å². The summed E-state index contributed by atoms with van der Waals surface area (Å²) >= 11 is 0. The van der Waals surface area contributed by atoms with Crippen LogP contribution in [0.5, 0.6) is 0 Å². The van der Waals surface area contributed by atoms with Crippen molar-refractivity contribution in [2.75, 3.05) is 5.32 Å². The minimum Gasteiger partial charge on any atom is -0.339 e. The van der Waals surface area contributed by atoms with Gasteiger partial charge in [0.05, 0.1) is 5.92 Å². The fraction of sp³-hybridized carbons (Fsp3) is 0.471. The van der Waals surface area contributed by atoms with E-state index < -0.39 is 24.2 Å². The molecule has 3 rings (SSSR count). The summed E-state index contributed by atoms with van der Waals surface area (Å²) in [4.78, 5) is 16.3. The Balaban J connectivity index is 1.66. The molecule has 26 heavy (non-hydrogen) atoms. The molecule has 0 aliphatic heterocycles. The molecule has 6 nitrogen and oxygen atoms in total. The Morgan fingerprint density at radius 1 is 1.27 bits per heavy atom. The fourth-order valence-electron chi connectivity index (χ4n) is 3.18. The lowest BCUT2D eigenvalue weighted by atomic mass is 9.84. The first-order valence-electron chi connectivity index (χ1n) is 8.38. The number of anilines is 1. The van der Waals surface area contributed by atoms with Gasteiger partial charge in [-0.05, 0) is 25.0 Å². The molecular weight excluding hydrogens is 349 g/mol. The van der Waals surface area contributed by atoms with E-state index in [1.165, 1.54) is 0 Å². The van der Waals surface area contributed by atoms with Crippen molar-refractivity contribution in [3.8, 4) is 11.4 Å². The highest BCUT2D eigenvalue weighted by atomic mass is 19.4.